The van der Waals surface area contributed by atoms with Crippen molar-refractivity contribution >= 4 is 5.78 Å². The molecule has 1 aromatic rings. The van der Waals surface area contributed by atoms with E-state index in [0.717, 1.165) is 18.4 Å². The van der Waals surface area contributed by atoms with Gasteiger partial charge in [0.25, 0.3) is 0 Å². The summed E-state index contributed by atoms with van der Waals surface area (Å²) in [5.41, 5.74) is 0.666. The lowest BCUT2D eigenvalue weighted by molar-refractivity contribution is -0.162. The first-order chi connectivity index (χ1) is 9.16. The number of hydrogen-bond donors (Lipinski definition) is 0. The molecule has 0 saturated heterocycles. The Labute approximate surface area is 114 Å². The van der Waals surface area contributed by atoms with Crippen molar-refractivity contribution < 1.29 is 14.3 Å². The fourth-order valence-electron chi connectivity index (χ4n) is 2.88. The van der Waals surface area contributed by atoms with Crippen LogP contribution in [0.1, 0.15) is 38.2 Å². The number of hydrogen-bond acceptors (Lipinski definition) is 3. The highest BCUT2D eigenvalue weighted by Crippen LogP contribution is 2.40. The molecule has 3 heteroatoms. The molecule has 104 valence electrons. The van der Waals surface area contributed by atoms with Gasteiger partial charge in [0, 0.05) is 20.0 Å². The largest absolute Gasteiger partial charge is 0.359 e. The summed E-state index contributed by atoms with van der Waals surface area (Å²) < 4.78 is 11.0. The van der Waals surface area contributed by atoms with Crippen molar-refractivity contribution in [1.29, 1.82) is 0 Å². The van der Waals surface area contributed by atoms with Crippen molar-refractivity contribution in [3.8, 4) is 0 Å². The molecule has 1 saturated carbocycles. The third kappa shape index (κ3) is 3.23. The molecular weight excluding hydrogens is 240 g/mol. The molecule has 0 aromatic heterocycles. The van der Waals surface area contributed by atoms with Crippen LogP contribution in [0.25, 0.3) is 0 Å². The van der Waals surface area contributed by atoms with Crippen LogP contribution < -0.4 is 0 Å². The lowest BCUT2D eigenvalue weighted by atomic mass is 9.74. The molecule has 0 aliphatic heterocycles. The predicted octanol–water partition coefficient (Wildman–Crippen LogP) is 3.28. The first kappa shape index (κ1) is 14.2. The number of benzene rings is 1. The summed E-state index contributed by atoms with van der Waals surface area (Å²) in [6.45, 7) is 2.32. The maximum absolute atomic E-state index is 11.7. The highest BCUT2D eigenvalue weighted by atomic mass is 16.7. The highest BCUT2D eigenvalue weighted by Gasteiger charge is 2.39. The van der Waals surface area contributed by atoms with E-state index in [-0.39, 0.29) is 12.7 Å². The predicted molar refractivity (Wildman–Crippen MR) is 73.7 cm³/mol. The molecule has 2 atom stereocenters. The standard InChI is InChI=1S/C16H22O3/c1-16(19-12-18-2,13-7-4-3-5-8-13)14-9-6-10-15(17)11-14/h3-5,7-8,14H,6,9-12H2,1-2H3. The fourth-order valence-corrected chi connectivity index (χ4v) is 2.88. The first-order valence-electron chi connectivity index (χ1n) is 6.87. The molecular formula is C16H22O3. The monoisotopic (exact) mass is 262 g/mol. The van der Waals surface area contributed by atoms with Gasteiger partial charge in [-0.2, -0.15) is 0 Å². The zero-order chi connectivity index (χ0) is 13.7. The molecule has 0 bridgehead atoms. The zero-order valence-corrected chi connectivity index (χ0v) is 11.7. The van der Waals surface area contributed by atoms with Crippen LogP contribution in [0.3, 0.4) is 0 Å². The van der Waals surface area contributed by atoms with Crippen molar-refractivity contribution in [1.82, 2.24) is 0 Å². The summed E-state index contributed by atoms with van der Waals surface area (Å²) >= 11 is 0. The van der Waals surface area contributed by atoms with E-state index in [1.807, 2.05) is 18.2 Å². The summed E-state index contributed by atoms with van der Waals surface area (Å²) in [5, 5.41) is 0. The molecule has 0 radical (unpaired) electrons. The van der Waals surface area contributed by atoms with Crippen LogP contribution in [0, 0.1) is 5.92 Å². The lowest BCUT2D eigenvalue weighted by Gasteiger charge is -2.39. The first-order valence-corrected chi connectivity index (χ1v) is 6.87. The molecule has 1 aliphatic carbocycles. The normalized spacial score (nSPS) is 23.1. The minimum atomic E-state index is -0.451. The number of carbonyl (C=O) groups is 1. The minimum absolute atomic E-state index is 0.228. The molecule has 2 rings (SSSR count). The van der Waals surface area contributed by atoms with E-state index < -0.39 is 5.60 Å². The topological polar surface area (TPSA) is 35.5 Å². The Morgan fingerprint density at radius 1 is 1.32 bits per heavy atom. The molecule has 0 heterocycles. The van der Waals surface area contributed by atoms with Gasteiger partial charge in [0.15, 0.2) is 0 Å². The van der Waals surface area contributed by atoms with Crippen molar-refractivity contribution in [3.63, 3.8) is 0 Å². The highest BCUT2D eigenvalue weighted by molar-refractivity contribution is 5.79. The Hall–Kier alpha value is -1.19. The maximum Gasteiger partial charge on any atom is 0.147 e. The Bertz CT molecular complexity index is 415. The molecule has 19 heavy (non-hydrogen) atoms. The number of ketones is 1. The summed E-state index contributed by atoms with van der Waals surface area (Å²) in [5.74, 6) is 0.575. The average Bonchev–Trinajstić information content (AvgIpc) is 2.45. The Morgan fingerprint density at radius 2 is 2.05 bits per heavy atom. The molecule has 1 aliphatic rings. The number of methoxy groups -OCH3 is 1. The van der Waals surface area contributed by atoms with E-state index in [9.17, 15) is 4.79 Å². The molecule has 3 nitrogen and oxygen atoms in total. The van der Waals surface area contributed by atoms with E-state index in [4.69, 9.17) is 9.47 Å². The average molecular weight is 262 g/mol. The number of ether oxygens (including phenoxy) is 2. The van der Waals surface area contributed by atoms with E-state index in [1.165, 1.54) is 0 Å². The minimum Gasteiger partial charge on any atom is -0.359 e. The SMILES string of the molecule is COCOC(C)(c1ccccc1)C1CCCC(=O)C1. The van der Waals surface area contributed by atoms with Crippen LogP contribution in [0.2, 0.25) is 0 Å². The second kappa shape index (κ2) is 6.31. The third-order valence-electron chi connectivity index (χ3n) is 4.08. The van der Waals surface area contributed by atoms with Crippen LogP contribution in [0.5, 0.6) is 0 Å². The Kier molecular flexibility index (Phi) is 4.72. The smallest absolute Gasteiger partial charge is 0.147 e. The maximum atomic E-state index is 11.7. The lowest BCUT2D eigenvalue weighted by Crippen LogP contribution is -2.38. The molecule has 0 amide bonds. The van der Waals surface area contributed by atoms with E-state index >= 15 is 0 Å². The summed E-state index contributed by atoms with van der Waals surface area (Å²) in [6.07, 6.45) is 3.31. The molecule has 2 unspecified atom stereocenters. The van der Waals surface area contributed by atoms with Crippen LogP contribution in [-0.4, -0.2) is 19.7 Å². The van der Waals surface area contributed by atoms with Gasteiger partial charge in [-0.1, -0.05) is 30.3 Å². The Balaban J connectivity index is 2.25. The molecule has 1 fully saturated rings. The molecule has 0 spiro atoms. The van der Waals surface area contributed by atoms with E-state index in [1.54, 1.807) is 7.11 Å². The van der Waals surface area contributed by atoms with Gasteiger partial charge >= 0.3 is 0 Å². The zero-order valence-electron chi connectivity index (χ0n) is 11.7. The van der Waals surface area contributed by atoms with Crippen molar-refractivity contribution in [3.05, 3.63) is 35.9 Å². The van der Waals surface area contributed by atoms with Crippen molar-refractivity contribution in [2.24, 2.45) is 5.92 Å². The second-order valence-corrected chi connectivity index (χ2v) is 5.36. The van der Waals surface area contributed by atoms with Crippen LogP contribution in [0.4, 0.5) is 0 Å². The van der Waals surface area contributed by atoms with Gasteiger partial charge in [0.2, 0.25) is 0 Å². The van der Waals surface area contributed by atoms with Crippen LogP contribution in [0.15, 0.2) is 30.3 Å². The third-order valence-corrected chi connectivity index (χ3v) is 4.08. The van der Waals surface area contributed by atoms with Gasteiger partial charge in [-0.3, -0.25) is 4.79 Å². The van der Waals surface area contributed by atoms with Gasteiger partial charge < -0.3 is 9.47 Å². The second-order valence-electron chi connectivity index (χ2n) is 5.36. The molecule has 1 aromatic carbocycles. The van der Waals surface area contributed by atoms with Gasteiger partial charge in [0.1, 0.15) is 12.6 Å². The van der Waals surface area contributed by atoms with E-state index in [0.29, 0.717) is 18.6 Å². The van der Waals surface area contributed by atoms with Crippen LogP contribution >= 0.6 is 0 Å². The summed E-state index contributed by atoms with van der Waals surface area (Å²) in [6, 6.07) is 10.1. The Morgan fingerprint density at radius 3 is 2.68 bits per heavy atom. The van der Waals surface area contributed by atoms with Crippen molar-refractivity contribution in [2.75, 3.05) is 13.9 Å². The van der Waals surface area contributed by atoms with Gasteiger partial charge in [-0.15, -0.1) is 0 Å². The summed E-state index contributed by atoms with van der Waals surface area (Å²) in [7, 11) is 1.62. The number of carbonyl (C=O) groups excluding carboxylic acids is 1. The van der Waals surface area contributed by atoms with Crippen LogP contribution in [-0.2, 0) is 19.9 Å². The van der Waals surface area contributed by atoms with Crippen molar-refractivity contribution in [2.45, 2.75) is 38.2 Å². The fraction of sp³-hybridized carbons (Fsp3) is 0.562. The van der Waals surface area contributed by atoms with Gasteiger partial charge in [0.05, 0.1) is 5.60 Å². The molecule has 0 N–H and O–H groups in total. The van der Waals surface area contributed by atoms with Gasteiger partial charge in [-0.05, 0) is 31.2 Å². The quantitative estimate of drug-likeness (QED) is 0.764. The number of Topliss-reactive ketones (excluding diaryl/α,β-unsaturated/α-hetero) is 1. The van der Waals surface area contributed by atoms with E-state index in [2.05, 4.69) is 19.1 Å². The number of rotatable bonds is 5. The van der Waals surface area contributed by atoms with Gasteiger partial charge in [-0.25, -0.2) is 0 Å². The summed E-state index contributed by atoms with van der Waals surface area (Å²) in [4.78, 5) is 11.7.